The van der Waals surface area contributed by atoms with E-state index in [-0.39, 0.29) is 0 Å². The third-order valence-corrected chi connectivity index (χ3v) is 3.46. The van der Waals surface area contributed by atoms with Crippen molar-refractivity contribution in [3.63, 3.8) is 0 Å². The molecule has 0 aromatic rings. The lowest BCUT2D eigenvalue weighted by atomic mass is 9.91. The van der Waals surface area contributed by atoms with Crippen LogP contribution in [-0.4, -0.2) is 5.78 Å². The molecule has 0 spiro atoms. The van der Waals surface area contributed by atoms with Crippen LogP contribution in [0.15, 0.2) is 0 Å². The van der Waals surface area contributed by atoms with Crippen molar-refractivity contribution in [2.45, 2.75) is 45.4 Å². The van der Waals surface area contributed by atoms with Crippen LogP contribution in [-0.2, 0) is 4.79 Å². The van der Waals surface area contributed by atoms with Crippen molar-refractivity contribution in [3.05, 3.63) is 0 Å². The summed E-state index contributed by atoms with van der Waals surface area (Å²) in [5.74, 6) is 2.47. The fourth-order valence-corrected chi connectivity index (χ4v) is 2.38. The Hall–Kier alpha value is -0.330. The van der Waals surface area contributed by atoms with Gasteiger partial charge in [-0.15, -0.1) is 0 Å². The quantitative estimate of drug-likeness (QED) is 0.630. The summed E-state index contributed by atoms with van der Waals surface area (Å²) in [5.41, 5.74) is 0. The molecule has 2 saturated carbocycles. The highest BCUT2D eigenvalue weighted by molar-refractivity contribution is 5.82. The Morgan fingerprint density at radius 1 is 1.25 bits per heavy atom. The fourth-order valence-electron chi connectivity index (χ4n) is 2.38. The molecule has 0 aromatic heterocycles. The van der Waals surface area contributed by atoms with Crippen molar-refractivity contribution in [1.82, 2.24) is 0 Å². The SMILES string of the molecule is CC1CCCC1C(=O)CC1CC1. The van der Waals surface area contributed by atoms with E-state index in [1.165, 1.54) is 32.1 Å². The van der Waals surface area contributed by atoms with Gasteiger partial charge in [0.25, 0.3) is 0 Å². The highest BCUT2D eigenvalue weighted by Crippen LogP contribution is 2.38. The van der Waals surface area contributed by atoms with Gasteiger partial charge < -0.3 is 0 Å². The molecule has 0 N–H and O–H groups in total. The van der Waals surface area contributed by atoms with Crippen LogP contribution in [0.1, 0.15) is 45.4 Å². The zero-order chi connectivity index (χ0) is 8.55. The maximum Gasteiger partial charge on any atom is 0.136 e. The van der Waals surface area contributed by atoms with Gasteiger partial charge in [0, 0.05) is 12.3 Å². The van der Waals surface area contributed by atoms with E-state index in [0.717, 1.165) is 12.3 Å². The molecule has 2 fully saturated rings. The summed E-state index contributed by atoms with van der Waals surface area (Å²) >= 11 is 0. The van der Waals surface area contributed by atoms with Crippen LogP contribution < -0.4 is 0 Å². The second kappa shape index (κ2) is 3.20. The van der Waals surface area contributed by atoms with E-state index in [1.807, 2.05) is 0 Å². The van der Waals surface area contributed by atoms with Crippen LogP contribution in [0.5, 0.6) is 0 Å². The second-order valence-corrected chi connectivity index (χ2v) is 4.63. The molecule has 2 atom stereocenters. The Labute approximate surface area is 74.5 Å². The molecule has 12 heavy (non-hydrogen) atoms. The number of rotatable bonds is 3. The number of carbonyl (C=O) groups is 1. The van der Waals surface area contributed by atoms with Gasteiger partial charge in [0.15, 0.2) is 0 Å². The predicted molar refractivity (Wildman–Crippen MR) is 48.9 cm³/mol. The molecule has 0 bridgehead atoms. The largest absolute Gasteiger partial charge is 0.299 e. The Morgan fingerprint density at radius 3 is 2.50 bits per heavy atom. The number of Topliss-reactive ketones (excluding diaryl/α,β-unsaturated/α-hetero) is 1. The first kappa shape index (κ1) is 8.28. The fraction of sp³-hybridized carbons (Fsp3) is 0.909. The van der Waals surface area contributed by atoms with Crippen LogP contribution in [0, 0.1) is 17.8 Å². The first-order valence-electron chi connectivity index (χ1n) is 5.30. The highest BCUT2D eigenvalue weighted by Gasteiger charge is 2.33. The average Bonchev–Trinajstić information content (AvgIpc) is 2.72. The first-order valence-corrected chi connectivity index (χ1v) is 5.30. The van der Waals surface area contributed by atoms with E-state index in [1.54, 1.807) is 0 Å². The molecular weight excluding hydrogens is 148 g/mol. The van der Waals surface area contributed by atoms with Crippen molar-refractivity contribution >= 4 is 5.78 Å². The summed E-state index contributed by atoms with van der Waals surface area (Å²) in [6.45, 7) is 2.24. The number of carbonyl (C=O) groups excluding carboxylic acids is 1. The number of ketones is 1. The van der Waals surface area contributed by atoms with Gasteiger partial charge in [0.1, 0.15) is 5.78 Å². The summed E-state index contributed by atoms with van der Waals surface area (Å²) < 4.78 is 0. The molecule has 0 amide bonds. The molecular formula is C11H18O. The Morgan fingerprint density at radius 2 is 2.00 bits per heavy atom. The standard InChI is InChI=1S/C11H18O/c1-8-3-2-4-10(8)11(12)7-9-5-6-9/h8-10H,2-7H2,1H3. The van der Waals surface area contributed by atoms with Gasteiger partial charge in [-0.1, -0.05) is 13.3 Å². The highest BCUT2D eigenvalue weighted by atomic mass is 16.1. The van der Waals surface area contributed by atoms with Gasteiger partial charge in [-0.2, -0.15) is 0 Å². The molecule has 1 heteroatoms. The minimum atomic E-state index is 0.436. The van der Waals surface area contributed by atoms with Crippen molar-refractivity contribution < 1.29 is 4.79 Å². The minimum absolute atomic E-state index is 0.436. The second-order valence-electron chi connectivity index (χ2n) is 4.63. The number of hydrogen-bond acceptors (Lipinski definition) is 1. The Balaban J connectivity index is 1.84. The van der Waals surface area contributed by atoms with Gasteiger partial charge in [-0.25, -0.2) is 0 Å². The topological polar surface area (TPSA) is 17.1 Å². The van der Waals surface area contributed by atoms with Crippen molar-refractivity contribution in [2.75, 3.05) is 0 Å². The van der Waals surface area contributed by atoms with Crippen LogP contribution in [0.25, 0.3) is 0 Å². The lowest BCUT2D eigenvalue weighted by Crippen LogP contribution is -2.17. The van der Waals surface area contributed by atoms with Gasteiger partial charge in [-0.3, -0.25) is 4.79 Å². The summed E-state index contributed by atoms with van der Waals surface area (Å²) in [5, 5.41) is 0. The van der Waals surface area contributed by atoms with Gasteiger partial charge in [-0.05, 0) is 37.5 Å². The molecule has 0 saturated heterocycles. The van der Waals surface area contributed by atoms with Crippen molar-refractivity contribution in [2.24, 2.45) is 17.8 Å². The molecule has 1 nitrogen and oxygen atoms in total. The van der Waals surface area contributed by atoms with E-state index in [2.05, 4.69) is 6.92 Å². The predicted octanol–water partition coefficient (Wildman–Crippen LogP) is 2.79. The summed E-state index contributed by atoms with van der Waals surface area (Å²) in [6.07, 6.45) is 7.25. The minimum Gasteiger partial charge on any atom is -0.299 e. The molecule has 0 heterocycles. The maximum atomic E-state index is 11.7. The summed E-state index contributed by atoms with van der Waals surface area (Å²) in [4.78, 5) is 11.7. The van der Waals surface area contributed by atoms with Gasteiger partial charge in [0.05, 0.1) is 0 Å². The first-order chi connectivity index (χ1) is 5.77. The van der Waals surface area contributed by atoms with Gasteiger partial charge in [0.2, 0.25) is 0 Å². The molecule has 0 radical (unpaired) electrons. The molecule has 68 valence electrons. The van der Waals surface area contributed by atoms with E-state index in [4.69, 9.17) is 0 Å². The van der Waals surface area contributed by atoms with Crippen LogP contribution in [0.2, 0.25) is 0 Å². The lowest BCUT2D eigenvalue weighted by molar-refractivity contribution is -0.124. The Bertz CT molecular complexity index is 181. The van der Waals surface area contributed by atoms with E-state index >= 15 is 0 Å². The van der Waals surface area contributed by atoms with Crippen molar-refractivity contribution in [1.29, 1.82) is 0 Å². The zero-order valence-electron chi connectivity index (χ0n) is 7.88. The molecule has 2 aliphatic rings. The smallest absolute Gasteiger partial charge is 0.136 e. The summed E-state index contributed by atoms with van der Waals surface area (Å²) in [6, 6.07) is 0. The molecule has 2 aliphatic carbocycles. The van der Waals surface area contributed by atoms with Crippen LogP contribution in [0.3, 0.4) is 0 Å². The zero-order valence-corrected chi connectivity index (χ0v) is 7.88. The van der Waals surface area contributed by atoms with E-state index < -0.39 is 0 Å². The molecule has 2 unspecified atom stereocenters. The lowest BCUT2D eigenvalue weighted by Gasteiger charge is -2.12. The van der Waals surface area contributed by atoms with Crippen LogP contribution in [0.4, 0.5) is 0 Å². The monoisotopic (exact) mass is 166 g/mol. The third kappa shape index (κ3) is 1.70. The normalized spacial score (nSPS) is 35.4. The average molecular weight is 166 g/mol. The molecule has 0 aromatic carbocycles. The third-order valence-electron chi connectivity index (χ3n) is 3.46. The maximum absolute atomic E-state index is 11.7. The Kier molecular flexibility index (Phi) is 2.20. The van der Waals surface area contributed by atoms with Crippen LogP contribution >= 0.6 is 0 Å². The molecule has 0 aliphatic heterocycles. The van der Waals surface area contributed by atoms with Crippen molar-refractivity contribution in [3.8, 4) is 0 Å². The van der Waals surface area contributed by atoms with E-state index in [9.17, 15) is 4.79 Å². The number of hydrogen-bond donors (Lipinski definition) is 0. The van der Waals surface area contributed by atoms with Gasteiger partial charge >= 0.3 is 0 Å². The molecule has 2 rings (SSSR count). The summed E-state index contributed by atoms with van der Waals surface area (Å²) in [7, 11) is 0. The van der Waals surface area contributed by atoms with E-state index in [0.29, 0.717) is 17.6 Å².